The highest BCUT2D eigenvalue weighted by atomic mass is 16.5. The van der Waals surface area contributed by atoms with Crippen LogP contribution in [0, 0.1) is 13.8 Å². The number of hydrogen-bond donors (Lipinski definition) is 1. The van der Waals surface area contributed by atoms with Gasteiger partial charge in [0.05, 0.1) is 22.6 Å². The Morgan fingerprint density at radius 2 is 2.08 bits per heavy atom. The zero-order chi connectivity index (χ0) is 18.0. The molecule has 1 aliphatic heterocycles. The molecule has 0 aliphatic carbocycles. The van der Waals surface area contributed by atoms with Gasteiger partial charge in [0, 0.05) is 12.6 Å². The number of carbonyl (C=O) groups excluding carboxylic acids is 2. The van der Waals surface area contributed by atoms with Gasteiger partial charge in [0.25, 0.3) is 5.91 Å². The number of amides is 1. The van der Waals surface area contributed by atoms with E-state index in [1.165, 1.54) is 0 Å². The van der Waals surface area contributed by atoms with Crippen molar-refractivity contribution < 1.29 is 19.1 Å². The smallest absolute Gasteiger partial charge is 0.338 e. The summed E-state index contributed by atoms with van der Waals surface area (Å²) in [7, 11) is 1.80. The van der Waals surface area contributed by atoms with Crippen molar-refractivity contribution in [3.8, 4) is 5.75 Å². The van der Waals surface area contributed by atoms with E-state index in [0.29, 0.717) is 17.0 Å². The fourth-order valence-corrected chi connectivity index (χ4v) is 2.59. The lowest BCUT2D eigenvalue weighted by atomic mass is 10.1. The van der Waals surface area contributed by atoms with Gasteiger partial charge in [-0.2, -0.15) is 5.10 Å². The molecule has 2 heterocycles. The maximum atomic E-state index is 12.1. The molecule has 1 N–H and O–H groups in total. The van der Waals surface area contributed by atoms with E-state index in [9.17, 15) is 9.59 Å². The van der Waals surface area contributed by atoms with Crippen molar-refractivity contribution in [1.82, 2.24) is 9.78 Å². The number of aromatic nitrogens is 2. The monoisotopic (exact) mass is 341 g/mol. The average molecular weight is 341 g/mol. The Morgan fingerprint density at radius 1 is 1.32 bits per heavy atom. The summed E-state index contributed by atoms with van der Waals surface area (Å²) in [5.74, 6) is -0.256. The molecule has 1 amide bonds. The number of nitrogens with one attached hydrogen (secondary N) is 1. The predicted molar refractivity (Wildman–Crippen MR) is 92.2 cm³/mol. The molecule has 0 unspecified atom stereocenters. The third-order valence-electron chi connectivity index (χ3n) is 4.00. The minimum Gasteiger partial charge on any atom is -0.488 e. The van der Waals surface area contributed by atoms with Crippen LogP contribution in [-0.4, -0.2) is 34.9 Å². The minimum absolute atomic E-state index is 0.123. The molecule has 0 spiro atoms. The van der Waals surface area contributed by atoms with Crippen molar-refractivity contribution in [1.29, 1.82) is 0 Å². The first-order valence-electron chi connectivity index (χ1n) is 7.85. The van der Waals surface area contributed by atoms with Crippen molar-refractivity contribution in [3.05, 3.63) is 46.8 Å². The maximum absolute atomic E-state index is 12.1. The molecule has 0 saturated heterocycles. The first kappa shape index (κ1) is 16.8. The highest BCUT2D eigenvalue weighted by Crippen LogP contribution is 2.26. The first-order valence-corrected chi connectivity index (χ1v) is 7.85. The number of para-hydroxylation sites is 1. The van der Waals surface area contributed by atoms with Crippen LogP contribution in [0.25, 0.3) is 6.08 Å². The molecule has 0 bridgehead atoms. The predicted octanol–water partition coefficient (Wildman–Crippen LogP) is 1.99. The van der Waals surface area contributed by atoms with Gasteiger partial charge in [0.1, 0.15) is 12.4 Å². The van der Waals surface area contributed by atoms with Gasteiger partial charge in [-0.15, -0.1) is 0 Å². The molecular formula is C18H19N3O4. The number of esters is 1. The summed E-state index contributed by atoms with van der Waals surface area (Å²) < 4.78 is 12.3. The molecule has 0 saturated carbocycles. The van der Waals surface area contributed by atoms with E-state index in [1.807, 2.05) is 31.2 Å². The summed E-state index contributed by atoms with van der Waals surface area (Å²) in [5, 5.41) is 6.95. The zero-order valence-electron chi connectivity index (χ0n) is 14.3. The van der Waals surface area contributed by atoms with Crippen LogP contribution >= 0.6 is 0 Å². The fourth-order valence-electron chi connectivity index (χ4n) is 2.59. The number of ether oxygens (including phenoxy) is 2. The van der Waals surface area contributed by atoms with E-state index in [2.05, 4.69) is 10.4 Å². The Balaban J connectivity index is 1.59. The van der Waals surface area contributed by atoms with Gasteiger partial charge in [0.2, 0.25) is 0 Å². The summed E-state index contributed by atoms with van der Waals surface area (Å²) in [6, 6.07) is 7.41. The average Bonchev–Trinajstić information content (AvgIpc) is 2.85. The molecule has 0 radical (unpaired) electrons. The summed E-state index contributed by atoms with van der Waals surface area (Å²) in [6.45, 7) is 3.41. The standard InChI is InChI=1S/C18H19N3O4/c1-11-17(12(2)21(3)20-11)19-16(22)10-25-18(23)14-8-13-6-4-5-7-15(13)24-9-14/h4-8H,9-10H2,1-3H3,(H,19,22). The second-order valence-electron chi connectivity index (χ2n) is 5.79. The molecule has 1 aromatic heterocycles. The van der Waals surface area contributed by atoms with Gasteiger partial charge in [-0.1, -0.05) is 18.2 Å². The lowest BCUT2D eigenvalue weighted by molar-refractivity contribution is -0.143. The van der Waals surface area contributed by atoms with E-state index in [4.69, 9.17) is 9.47 Å². The number of anilines is 1. The van der Waals surface area contributed by atoms with Gasteiger partial charge in [-0.05, 0) is 26.0 Å². The fraction of sp³-hybridized carbons (Fsp3) is 0.278. The summed E-state index contributed by atoms with van der Waals surface area (Å²) in [6.07, 6.45) is 1.72. The third kappa shape index (κ3) is 3.55. The van der Waals surface area contributed by atoms with Crippen LogP contribution in [0.2, 0.25) is 0 Å². The first-order chi connectivity index (χ1) is 12.0. The van der Waals surface area contributed by atoms with E-state index in [0.717, 1.165) is 17.0 Å². The van der Waals surface area contributed by atoms with E-state index >= 15 is 0 Å². The summed E-state index contributed by atoms with van der Waals surface area (Å²) >= 11 is 0. The van der Waals surface area contributed by atoms with Crippen molar-refractivity contribution >= 4 is 23.6 Å². The number of hydrogen-bond acceptors (Lipinski definition) is 5. The third-order valence-corrected chi connectivity index (χ3v) is 4.00. The number of benzene rings is 1. The molecule has 7 nitrogen and oxygen atoms in total. The van der Waals surface area contributed by atoms with Gasteiger partial charge >= 0.3 is 5.97 Å². The molecule has 25 heavy (non-hydrogen) atoms. The van der Waals surface area contributed by atoms with Crippen molar-refractivity contribution in [2.45, 2.75) is 13.8 Å². The van der Waals surface area contributed by atoms with E-state index < -0.39 is 11.9 Å². The summed E-state index contributed by atoms with van der Waals surface area (Å²) in [4.78, 5) is 24.2. The van der Waals surface area contributed by atoms with Gasteiger partial charge in [-0.3, -0.25) is 9.48 Å². The van der Waals surface area contributed by atoms with Crippen molar-refractivity contribution in [3.63, 3.8) is 0 Å². The number of nitrogens with zero attached hydrogens (tertiary/aromatic N) is 2. The quantitative estimate of drug-likeness (QED) is 0.860. The molecule has 3 rings (SSSR count). The Kier molecular flexibility index (Phi) is 4.56. The minimum atomic E-state index is -0.565. The SMILES string of the molecule is Cc1nn(C)c(C)c1NC(=O)COC(=O)C1=Cc2ccccc2OC1. The van der Waals surface area contributed by atoms with Gasteiger partial charge in [0.15, 0.2) is 6.61 Å². The zero-order valence-corrected chi connectivity index (χ0v) is 14.3. The van der Waals surface area contributed by atoms with Crippen molar-refractivity contribution in [2.75, 3.05) is 18.5 Å². The second-order valence-corrected chi connectivity index (χ2v) is 5.79. The van der Waals surface area contributed by atoms with Crippen molar-refractivity contribution in [2.24, 2.45) is 7.05 Å². The van der Waals surface area contributed by atoms with Crippen LogP contribution in [0.3, 0.4) is 0 Å². The summed E-state index contributed by atoms with van der Waals surface area (Å²) in [5.41, 5.74) is 3.36. The molecule has 7 heteroatoms. The van der Waals surface area contributed by atoms with Gasteiger partial charge < -0.3 is 14.8 Å². The number of rotatable bonds is 4. The molecule has 0 atom stereocenters. The largest absolute Gasteiger partial charge is 0.488 e. The second kappa shape index (κ2) is 6.80. The van der Waals surface area contributed by atoms with Crippen LogP contribution in [0.1, 0.15) is 17.0 Å². The van der Waals surface area contributed by atoms with Crippen LogP contribution in [0.5, 0.6) is 5.75 Å². The normalized spacial score (nSPS) is 12.7. The lowest BCUT2D eigenvalue weighted by Crippen LogP contribution is -2.24. The Labute approximate surface area is 145 Å². The maximum Gasteiger partial charge on any atom is 0.338 e. The number of aryl methyl sites for hydroxylation is 2. The topological polar surface area (TPSA) is 82.5 Å². The molecule has 1 aromatic carbocycles. The highest BCUT2D eigenvalue weighted by molar-refractivity contribution is 5.98. The molecular weight excluding hydrogens is 322 g/mol. The Bertz CT molecular complexity index is 867. The molecule has 1 aliphatic rings. The van der Waals surface area contributed by atoms with E-state index in [1.54, 1.807) is 24.7 Å². The van der Waals surface area contributed by atoms with Crippen LogP contribution in [0.4, 0.5) is 5.69 Å². The lowest BCUT2D eigenvalue weighted by Gasteiger charge is -2.16. The molecule has 2 aromatic rings. The Hall–Kier alpha value is -3.09. The van der Waals surface area contributed by atoms with Crippen LogP contribution in [0.15, 0.2) is 29.8 Å². The number of carbonyl (C=O) groups is 2. The Morgan fingerprint density at radius 3 is 2.80 bits per heavy atom. The van der Waals surface area contributed by atoms with Crippen LogP contribution < -0.4 is 10.1 Å². The molecule has 130 valence electrons. The number of fused-ring (bicyclic) bond motifs is 1. The highest BCUT2D eigenvalue weighted by Gasteiger charge is 2.20. The van der Waals surface area contributed by atoms with Gasteiger partial charge in [-0.25, -0.2) is 4.79 Å². The van der Waals surface area contributed by atoms with E-state index in [-0.39, 0.29) is 13.2 Å². The van der Waals surface area contributed by atoms with Crippen LogP contribution in [-0.2, 0) is 21.4 Å². The molecule has 0 fully saturated rings.